The Morgan fingerprint density at radius 1 is 1.24 bits per heavy atom. The maximum Gasteiger partial charge on any atom is 0.147 e. The Balaban J connectivity index is 2.36. The Morgan fingerprint density at radius 3 is 2.67 bits per heavy atom. The number of benzene rings is 2. The number of imidazole rings is 1. The van der Waals surface area contributed by atoms with Crippen LogP contribution in [0.2, 0.25) is 0 Å². The number of hydrogen-bond donors (Lipinski definition) is 2. The van der Waals surface area contributed by atoms with E-state index in [0.717, 1.165) is 5.56 Å². The van der Waals surface area contributed by atoms with Crippen LogP contribution in [0.4, 0.5) is 10.1 Å². The van der Waals surface area contributed by atoms with Crippen molar-refractivity contribution in [1.82, 2.24) is 9.55 Å². The average Bonchev–Trinajstić information content (AvgIpc) is 2.77. The number of fused-ring (bicyclic) bond motifs is 1. The number of halogens is 1. The van der Waals surface area contributed by atoms with Gasteiger partial charge in [0, 0.05) is 5.69 Å². The van der Waals surface area contributed by atoms with Crippen molar-refractivity contribution in [2.75, 3.05) is 5.73 Å². The number of nitrogen functional groups attached to an aromatic ring is 1. The van der Waals surface area contributed by atoms with Crippen LogP contribution in [0.5, 0.6) is 0 Å². The fraction of sp³-hybridized carbons (Fsp3) is 0.188. The summed E-state index contributed by atoms with van der Waals surface area (Å²) in [4.78, 5) is 4.38. The standard InChI is InChI=1S/C16H16FN3O/c1-9-3-5-14(12(17)7-9)20-15-6-4-11(18)8-13(15)19-16(20)10(2)21/h3-8,10,21H,18H2,1-2H3. The molecule has 0 aliphatic carbocycles. The van der Waals surface area contributed by atoms with Gasteiger partial charge in [0.2, 0.25) is 0 Å². The summed E-state index contributed by atoms with van der Waals surface area (Å²) in [5.41, 5.74) is 8.88. The first-order valence-corrected chi connectivity index (χ1v) is 6.70. The molecule has 0 aliphatic rings. The topological polar surface area (TPSA) is 64.1 Å². The lowest BCUT2D eigenvalue weighted by molar-refractivity contribution is 0.187. The fourth-order valence-electron chi connectivity index (χ4n) is 2.44. The molecule has 2 aromatic carbocycles. The number of anilines is 1. The van der Waals surface area contributed by atoms with Gasteiger partial charge < -0.3 is 10.8 Å². The summed E-state index contributed by atoms with van der Waals surface area (Å²) in [6, 6.07) is 10.2. The van der Waals surface area contributed by atoms with E-state index in [0.29, 0.717) is 28.2 Å². The molecule has 0 aliphatic heterocycles. The largest absolute Gasteiger partial charge is 0.399 e. The van der Waals surface area contributed by atoms with Gasteiger partial charge in [0.1, 0.15) is 17.7 Å². The molecule has 3 rings (SSSR count). The number of hydrogen-bond acceptors (Lipinski definition) is 3. The fourth-order valence-corrected chi connectivity index (χ4v) is 2.44. The van der Waals surface area contributed by atoms with E-state index in [2.05, 4.69) is 4.98 Å². The van der Waals surface area contributed by atoms with Gasteiger partial charge in [-0.05, 0) is 49.7 Å². The van der Waals surface area contributed by atoms with Crippen LogP contribution >= 0.6 is 0 Å². The first-order chi connectivity index (χ1) is 9.97. The number of nitrogens with two attached hydrogens (primary N) is 1. The predicted molar refractivity (Wildman–Crippen MR) is 80.8 cm³/mol. The molecule has 3 aromatic rings. The zero-order valence-electron chi connectivity index (χ0n) is 11.8. The van der Waals surface area contributed by atoms with Crippen LogP contribution in [-0.4, -0.2) is 14.7 Å². The highest BCUT2D eigenvalue weighted by Gasteiger charge is 2.18. The normalized spacial score (nSPS) is 12.8. The van der Waals surface area contributed by atoms with Crippen molar-refractivity contribution in [3.05, 3.63) is 53.6 Å². The van der Waals surface area contributed by atoms with E-state index in [9.17, 15) is 9.50 Å². The molecule has 1 unspecified atom stereocenters. The minimum Gasteiger partial charge on any atom is -0.399 e. The third-order valence-corrected chi connectivity index (χ3v) is 3.42. The van der Waals surface area contributed by atoms with Gasteiger partial charge in [0.25, 0.3) is 0 Å². The van der Waals surface area contributed by atoms with Gasteiger partial charge in [0.15, 0.2) is 0 Å². The van der Waals surface area contributed by atoms with Gasteiger partial charge in [-0.2, -0.15) is 0 Å². The molecule has 1 aromatic heterocycles. The summed E-state index contributed by atoms with van der Waals surface area (Å²) >= 11 is 0. The van der Waals surface area contributed by atoms with E-state index in [1.807, 2.05) is 13.0 Å². The molecule has 0 saturated carbocycles. The van der Waals surface area contributed by atoms with Crippen molar-refractivity contribution in [3.8, 4) is 5.69 Å². The highest BCUT2D eigenvalue weighted by atomic mass is 19.1. The Hall–Kier alpha value is -2.40. The van der Waals surface area contributed by atoms with Crippen molar-refractivity contribution in [2.45, 2.75) is 20.0 Å². The first-order valence-electron chi connectivity index (χ1n) is 6.70. The zero-order valence-corrected chi connectivity index (χ0v) is 11.8. The predicted octanol–water partition coefficient (Wildman–Crippen LogP) is 3.11. The van der Waals surface area contributed by atoms with Crippen LogP contribution in [0.25, 0.3) is 16.7 Å². The minimum absolute atomic E-state index is 0.354. The smallest absolute Gasteiger partial charge is 0.147 e. The lowest BCUT2D eigenvalue weighted by Crippen LogP contribution is -2.06. The van der Waals surface area contributed by atoms with Crippen LogP contribution in [0.15, 0.2) is 36.4 Å². The molecule has 108 valence electrons. The number of aliphatic hydroxyl groups is 1. The van der Waals surface area contributed by atoms with Crippen molar-refractivity contribution < 1.29 is 9.50 Å². The van der Waals surface area contributed by atoms with Gasteiger partial charge in [-0.25, -0.2) is 9.37 Å². The van der Waals surface area contributed by atoms with Crippen LogP contribution in [-0.2, 0) is 0 Å². The average molecular weight is 285 g/mol. The third-order valence-electron chi connectivity index (χ3n) is 3.42. The summed E-state index contributed by atoms with van der Waals surface area (Å²) in [7, 11) is 0. The molecular weight excluding hydrogens is 269 g/mol. The Labute approximate surface area is 121 Å². The number of aryl methyl sites for hydroxylation is 1. The summed E-state index contributed by atoms with van der Waals surface area (Å²) in [5, 5.41) is 9.94. The van der Waals surface area contributed by atoms with Crippen molar-refractivity contribution in [3.63, 3.8) is 0 Å². The van der Waals surface area contributed by atoms with Gasteiger partial charge in [-0.15, -0.1) is 0 Å². The molecule has 5 heteroatoms. The highest BCUT2D eigenvalue weighted by molar-refractivity contribution is 5.81. The molecular formula is C16H16FN3O. The number of rotatable bonds is 2. The number of nitrogens with zero attached hydrogens (tertiary/aromatic N) is 2. The molecule has 1 atom stereocenters. The second-order valence-electron chi connectivity index (χ2n) is 5.18. The molecule has 0 spiro atoms. The maximum absolute atomic E-state index is 14.3. The van der Waals surface area contributed by atoms with Crippen LogP contribution in [0.1, 0.15) is 24.4 Å². The molecule has 1 heterocycles. The Morgan fingerprint density at radius 2 is 2.00 bits per heavy atom. The van der Waals surface area contributed by atoms with Crippen molar-refractivity contribution in [1.29, 1.82) is 0 Å². The summed E-state index contributed by atoms with van der Waals surface area (Å²) in [6.45, 7) is 3.43. The SMILES string of the molecule is Cc1ccc(-n2c(C(C)O)nc3cc(N)ccc32)c(F)c1. The van der Waals surface area contributed by atoms with E-state index in [1.54, 1.807) is 35.8 Å². The Bertz CT molecular complexity index is 824. The quantitative estimate of drug-likeness (QED) is 0.711. The first kappa shape index (κ1) is 13.6. The zero-order chi connectivity index (χ0) is 15.1. The van der Waals surface area contributed by atoms with Crippen molar-refractivity contribution in [2.24, 2.45) is 0 Å². The molecule has 0 amide bonds. The van der Waals surface area contributed by atoms with Gasteiger partial charge in [-0.3, -0.25) is 4.57 Å². The number of aliphatic hydroxyl groups excluding tert-OH is 1. The van der Waals surface area contributed by atoms with E-state index in [1.165, 1.54) is 6.07 Å². The van der Waals surface area contributed by atoms with Gasteiger partial charge in [0.05, 0.1) is 16.7 Å². The van der Waals surface area contributed by atoms with Crippen LogP contribution < -0.4 is 5.73 Å². The van der Waals surface area contributed by atoms with E-state index >= 15 is 0 Å². The van der Waals surface area contributed by atoms with Crippen LogP contribution in [0, 0.1) is 12.7 Å². The molecule has 0 saturated heterocycles. The van der Waals surface area contributed by atoms with E-state index in [4.69, 9.17) is 5.73 Å². The van der Waals surface area contributed by atoms with E-state index in [-0.39, 0.29) is 5.82 Å². The molecule has 4 nitrogen and oxygen atoms in total. The van der Waals surface area contributed by atoms with Gasteiger partial charge in [-0.1, -0.05) is 6.07 Å². The maximum atomic E-state index is 14.3. The van der Waals surface area contributed by atoms with Crippen LogP contribution in [0.3, 0.4) is 0 Å². The Kier molecular flexibility index (Phi) is 3.14. The second-order valence-corrected chi connectivity index (χ2v) is 5.18. The summed E-state index contributed by atoms with van der Waals surface area (Å²) in [6.07, 6.45) is -0.820. The molecule has 0 radical (unpaired) electrons. The molecule has 21 heavy (non-hydrogen) atoms. The molecule has 3 N–H and O–H groups in total. The number of aromatic nitrogens is 2. The summed E-state index contributed by atoms with van der Waals surface area (Å²) < 4.78 is 15.9. The molecule has 0 bridgehead atoms. The van der Waals surface area contributed by atoms with Crippen molar-refractivity contribution >= 4 is 16.7 Å². The minimum atomic E-state index is -0.820. The monoisotopic (exact) mass is 285 g/mol. The summed E-state index contributed by atoms with van der Waals surface area (Å²) in [5.74, 6) is 0.0337. The van der Waals surface area contributed by atoms with Gasteiger partial charge >= 0.3 is 0 Å². The lowest BCUT2D eigenvalue weighted by atomic mass is 10.2. The molecule has 0 fully saturated rings. The van der Waals surface area contributed by atoms with E-state index < -0.39 is 6.10 Å². The highest BCUT2D eigenvalue weighted by Crippen LogP contribution is 2.28. The lowest BCUT2D eigenvalue weighted by Gasteiger charge is -2.12. The second kappa shape index (κ2) is 4.86. The third kappa shape index (κ3) is 2.25.